The minimum atomic E-state index is -4.71. The Hall–Kier alpha value is -0.572. The van der Waals surface area contributed by atoms with Gasteiger partial charge >= 0.3 is 37.1 Å². The van der Waals surface area contributed by atoms with Crippen LogP contribution in [-0.2, 0) is 21.1 Å². The van der Waals surface area contributed by atoms with Crippen molar-refractivity contribution < 1.29 is 100 Å². The fourth-order valence-corrected chi connectivity index (χ4v) is 0.850. The minimum absolute atomic E-state index is 0. The van der Waals surface area contributed by atoms with Crippen molar-refractivity contribution in [1.29, 1.82) is 0 Å². The Morgan fingerprint density at radius 1 is 0.226 bits per heavy atom. The van der Waals surface area contributed by atoms with Gasteiger partial charge in [0.1, 0.15) is 0 Å². The average Bonchev–Trinajstić information content (AvgIpc) is 2.38. The molecule has 0 rings (SSSR count). The quantitative estimate of drug-likeness (QED) is 0.227. The van der Waals surface area contributed by atoms with E-state index in [1.165, 1.54) is 0 Å². The molecule has 0 nitrogen and oxygen atoms in total. The number of hydrogen-bond donors (Lipinski definition) is 0. The molecule has 0 heterocycles. The first-order valence-electron chi connectivity index (χ1n) is 7.02. The van der Waals surface area contributed by atoms with Gasteiger partial charge in [-0.25, -0.2) is 0 Å². The van der Waals surface area contributed by atoms with Crippen molar-refractivity contribution in [2.24, 2.45) is 0 Å². The van der Waals surface area contributed by atoms with E-state index >= 15 is 0 Å². The summed E-state index contributed by atoms with van der Waals surface area (Å²) in [6, 6.07) is 0. The van der Waals surface area contributed by atoms with E-state index in [9.17, 15) is 79.0 Å². The van der Waals surface area contributed by atoms with Crippen LogP contribution in [0.3, 0.4) is 0 Å². The topological polar surface area (TPSA) is 0 Å². The Balaban J connectivity index is -0.000000174. The van der Waals surface area contributed by atoms with Crippen LogP contribution in [0.15, 0.2) is 0 Å². The minimum Gasteiger partial charge on any atom is -0.171 e. The summed E-state index contributed by atoms with van der Waals surface area (Å²) in [5.74, 6) is 0. The van der Waals surface area contributed by atoms with Crippen molar-refractivity contribution in [3.05, 3.63) is 0 Å². The van der Waals surface area contributed by atoms with Crippen LogP contribution < -0.4 is 0 Å². The largest absolute Gasteiger partial charge is 0.389 e. The molecule has 0 aromatic carbocycles. The van der Waals surface area contributed by atoms with Gasteiger partial charge in [0, 0.05) is 21.1 Å². The van der Waals surface area contributed by atoms with E-state index in [0.29, 0.717) is 0 Å². The second-order valence-corrected chi connectivity index (χ2v) is 5.19. The van der Waals surface area contributed by atoms with Crippen LogP contribution in [-0.4, -0.2) is 37.1 Å². The first-order chi connectivity index (χ1) is 12.6. The molecule has 0 amide bonds. The first kappa shape index (κ1) is 37.7. The van der Waals surface area contributed by atoms with E-state index in [1.54, 1.807) is 0 Å². The fraction of sp³-hybridized carbons (Fsp3) is 1.00. The van der Waals surface area contributed by atoms with Crippen molar-refractivity contribution in [3.63, 3.8) is 0 Å². The zero-order valence-electron chi connectivity index (χ0n) is 14.5. The van der Waals surface area contributed by atoms with Crippen molar-refractivity contribution >= 4 is 0 Å². The van der Waals surface area contributed by atoms with Crippen molar-refractivity contribution in [2.75, 3.05) is 0 Å². The van der Waals surface area contributed by atoms with Crippen LogP contribution in [0.25, 0.3) is 0 Å². The van der Waals surface area contributed by atoms with E-state index in [-0.39, 0.29) is 21.1 Å². The molecule has 0 aliphatic rings. The molecule has 0 aromatic heterocycles. The van der Waals surface area contributed by atoms with Crippen LogP contribution >= 0.6 is 0 Å². The first-order valence-corrected chi connectivity index (χ1v) is 7.02. The third kappa shape index (κ3) is 53.1. The van der Waals surface area contributed by atoms with E-state index < -0.39 is 75.6 Å². The third-order valence-corrected chi connectivity index (χ3v) is 2.08. The summed E-state index contributed by atoms with van der Waals surface area (Å²) in [5, 5.41) is 0. The number of rotatable bonds is 3. The molecule has 0 N–H and O–H groups in total. The maximum atomic E-state index is 11.1. The average molecular weight is 594 g/mol. The van der Waals surface area contributed by atoms with Gasteiger partial charge in [-0.05, 0) is 0 Å². The number of hydrogen-bond acceptors (Lipinski definition) is 0. The Morgan fingerprint density at radius 3 is 0.323 bits per heavy atom. The molecular weight excluding hydrogens is 582 g/mol. The molecular formula is C12H12F18Mo. The Morgan fingerprint density at radius 2 is 0.290 bits per heavy atom. The Bertz CT molecular complexity index is 323. The third-order valence-electron chi connectivity index (χ3n) is 2.08. The normalized spacial score (nSPS) is 13.4. The van der Waals surface area contributed by atoms with Gasteiger partial charge < -0.3 is 0 Å². The maximum Gasteiger partial charge on any atom is 0.389 e. The molecule has 19 heteroatoms. The molecule has 0 unspecified atom stereocenters. The van der Waals surface area contributed by atoms with Gasteiger partial charge in [0.2, 0.25) is 0 Å². The summed E-state index contributed by atoms with van der Waals surface area (Å²) in [6.45, 7) is 0. The van der Waals surface area contributed by atoms with Crippen LogP contribution in [0.2, 0.25) is 0 Å². The SMILES string of the molecule is FC(F)(F)CCC(F)(F)F.FC(F)(F)CCC(F)(F)F.FC(F)(F)CCC(F)(F)F.[Mo]. The van der Waals surface area contributed by atoms with E-state index in [4.69, 9.17) is 0 Å². The van der Waals surface area contributed by atoms with Gasteiger partial charge in [-0.3, -0.25) is 0 Å². The molecule has 0 aliphatic carbocycles. The van der Waals surface area contributed by atoms with Crippen LogP contribution in [0.1, 0.15) is 38.5 Å². The van der Waals surface area contributed by atoms with Crippen LogP contribution in [0.5, 0.6) is 0 Å². The fourth-order valence-electron chi connectivity index (χ4n) is 0.850. The summed E-state index contributed by atoms with van der Waals surface area (Å²) in [5.41, 5.74) is 0. The molecule has 0 aliphatic heterocycles. The van der Waals surface area contributed by atoms with Gasteiger partial charge in [-0.1, -0.05) is 0 Å². The van der Waals surface area contributed by atoms with Gasteiger partial charge in [0.15, 0.2) is 0 Å². The molecule has 0 atom stereocenters. The van der Waals surface area contributed by atoms with Gasteiger partial charge in [-0.2, -0.15) is 79.0 Å². The summed E-state index contributed by atoms with van der Waals surface area (Å²) in [6.07, 6.45) is -39.0. The van der Waals surface area contributed by atoms with Crippen molar-refractivity contribution in [3.8, 4) is 0 Å². The molecule has 192 valence electrons. The zero-order chi connectivity index (χ0) is 25.2. The standard InChI is InChI=1S/3C4H4F6.Mo/c3*5-3(6,7)1-2-4(8,9)10;/h3*1-2H2;. The molecule has 0 bridgehead atoms. The second-order valence-electron chi connectivity index (χ2n) is 5.19. The molecule has 0 saturated carbocycles. The Kier molecular flexibility index (Phi) is 16.9. The zero-order valence-corrected chi connectivity index (χ0v) is 16.5. The number of alkyl halides is 18. The van der Waals surface area contributed by atoms with Crippen molar-refractivity contribution in [2.45, 2.75) is 75.6 Å². The predicted molar refractivity (Wildman–Crippen MR) is 64.0 cm³/mol. The van der Waals surface area contributed by atoms with Crippen molar-refractivity contribution in [1.82, 2.24) is 0 Å². The van der Waals surface area contributed by atoms with Gasteiger partial charge in [0.25, 0.3) is 0 Å². The summed E-state index contributed by atoms with van der Waals surface area (Å²) >= 11 is 0. The van der Waals surface area contributed by atoms with Gasteiger partial charge in [-0.15, -0.1) is 0 Å². The molecule has 0 spiro atoms. The van der Waals surface area contributed by atoms with E-state index in [0.717, 1.165) is 0 Å². The maximum absolute atomic E-state index is 11.1. The smallest absolute Gasteiger partial charge is 0.171 e. The molecule has 31 heavy (non-hydrogen) atoms. The Labute approximate surface area is 176 Å². The molecule has 0 saturated heterocycles. The summed E-state index contributed by atoms with van der Waals surface area (Å²) in [4.78, 5) is 0. The molecule has 0 fully saturated rings. The summed E-state index contributed by atoms with van der Waals surface area (Å²) < 4.78 is 200. The predicted octanol–water partition coefficient (Wildman–Crippen LogP) is 8.67. The van der Waals surface area contributed by atoms with Crippen LogP contribution in [0.4, 0.5) is 79.0 Å². The second kappa shape index (κ2) is 13.9. The van der Waals surface area contributed by atoms with Crippen LogP contribution in [0, 0.1) is 0 Å². The monoisotopic (exact) mass is 596 g/mol. The summed E-state index contributed by atoms with van der Waals surface area (Å²) in [7, 11) is 0. The van der Waals surface area contributed by atoms with E-state index in [1.807, 2.05) is 0 Å². The number of halogens is 18. The molecule has 0 aromatic rings. The van der Waals surface area contributed by atoms with Gasteiger partial charge in [0.05, 0.1) is 38.5 Å². The van der Waals surface area contributed by atoms with E-state index in [2.05, 4.69) is 0 Å². The molecule has 0 radical (unpaired) electrons.